The van der Waals surface area contributed by atoms with E-state index in [1.165, 1.54) is 5.56 Å². The van der Waals surface area contributed by atoms with Crippen LogP contribution in [0.25, 0.3) is 0 Å². The lowest BCUT2D eigenvalue weighted by Crippen LogP contribution is -2.45. The van der Waals surface area contributed by atoms with Gasteiger partial charge < -0.3 is 14.1 Å². The van der Waals surface area contributed by atoms with Crippen molar-refractivity contribution in [2.75, 3.05) is 31.6 Å². The number of aromatic nitrogens is 2. The molecule has 6 nitrogen and oxygen atoms in total. The summed E-state index contributed by atoms with van der Waals surface area (Å²) in [6.45, 7) is 5.68. The molecule has 6 heteroatoms. The number of anilines is 1. The average molecular weight is 356 g/mol. The number of hydrogen-bond donors (Lipinski definition) is 0. The van der Waals surface area contributed by atoms with E-state index in [4.69, 9.17) is 9.15 Å². The zero-order chi connectivity index (χ0) is 18.0. The third-order valence-corrected chi connectivity index (χ3v) is 5.86. The Morgan fingerprint density at radius 1 is 1.27 bits per heavy atom. The highest BCUT2D eigenvalue weighted by Crippen LogP contribution is 2.38. The van der Waals surface area contributed by atoms with E-state index in [0.29, 0.717) is 6.04 Å². The predicted molar refractivity (Wildman–Crippen MR) is 100 cm³/mol. The molecule has 1 unspecified atom stereocenters. The van der Waals surface area contributed by atoms with Gasteiger partial charge in [0.05, 0.1) is 25.0 Å². The van der Waals surface area contributed by atoms with E-state index in [1.807, 2.05) is 24.5 Å². The molecule has 2 aliphatic heterocycles. The fourth-order valence-electron chi connectivity index (χ4n) is 4.04. The number of piperidine rings is 1. The van der Waals surface area contributed by atoms with Gasteiger partial charge in [-0.15, -0.1) is 0 Å². The van der Waals surface area contributed by atoms with Crippen LogP contribution in [-0.4, -0.2) is 53.3 Å². The summed E-state index contributed by atoms with van der Waals surface area (Å²) >= 11 is 0. The highest BCUT2D eigenvalue weighted by Gasteiger charge is 2.44. The van der Waals surface area contributed by atoms with Crippen LogP contribution >= 0.6 is 0 Å². The summed E-state index contributed by atoms with van der Waals surface area (Å²) in [7, 11) is 2.16. The molecule has 2 aliphatic rings. The highest BCUT2D eigenvalue weighted by molar-refractivity contribution is 5.31. The maximum absolute atomic E-state index is 6.32. The maximum Gasteiger partial charge on any atom is 0.225 e. The van der Waals surface area contributed by atoms with E-state index in [2.05, 4.69) is 33.7 Å². The van der Waals surface area contributed by atoms with Crippen molar-refractivity contribution in [3.05, 3.63) is 42.1 Å². The summed E-state index contributed by atoms with van der Waals surface area (Å²) in [6.07, 6.45) is 9.77. The zero-order valence-corrected chi connectivity index (χ0v) is 15.7. The Hall–Kier alpha value is -1.92. The fraction of sp³-hybridized carbons (Fsp3) is 0.600. The van der Waals surface area contributed by atoms with Crippen molar-refractivity contribution in [1.82, 2.24) is 14.9 Å². The lowest BCUT2D eigenvalue weighted by molar-refractivity contribution is -0.0159. The van der Waals surface area contributed by atoms with E-state index in [-0.39, 0.29) is 5.60 Å². The molecule has 26 heavy (non-hydrogen) atoms. The van der Waals surface area contributed by atoms with Crippen LogP contribution in [0.2, 0.25) is 0 Å². The second kappa shape index (κ2) is 7.37. The molecule has 2 aromatic heterocycles. The summed E-state index contributed by atoms with van der Waals surface area (Å²) in [4.78, 5) is 13.7. The van der Waals surface area contributed by atoms with Gasteiger partial charge in [0.1, 0.15) is 5.76 Å². The molecule has 2 aromatic rings. The van der Waals surface area contributed by atoms with Gasteiger partial charge in [0.25, 0.3) is 0 Å². The molecule has 2 saturated heterocycles. The second-order valence-corrected chi connectivity index (χ2v) is 7.58. The normalized spacial score (nSPS) is 22.4. The van der Waals surface area contributed by atoms with Gasteiger partial charge in [-0.25, -0.2) is 9.97 Å². The summed E-state index contributed by atoms with van der Waals surface area (Å²) in [6, 6.07) is 4.43. The lowest BCUT2D eigenvalue weighted by atomic mass is 9.87. The second-order valence-electron chi connectivity index (χ2n) is 7.58. The fourth-order valence-corrected chi connectivity index (χ4v) is 4.04. The van der Waals surface area contributed by atoms with Crippen LogP contribution in [0.1, 0.15) is 37.5 Å². The third-order valence-electron chi connectivity index (χ3n) is 5.86. The zero-order valence-electron chi connectivity index (χ0n) is 15.7. The van der Waals surface area contributed by atoms with Gasteiger partial charge in [0, 0.05) is 31.5 Å². The van der Waals surface area contributed by atoms with Gasteiger partial charge in [-0.05, 0) is 50.4 Å². The van der Waals surface area contributed by atoms with E-state index in [0.717, 1.165) is 63.6 Å². The van der Waals surface area contributed by atoms with Crippen molar-refractivity contribution < 1.29 is 9.15 Å². The number of aryl methyl sites for hydroxylation is 1. The Kier molecular flexibility index (Phi) is 4.96. The predicted octanol–water partition coefficient (Wildman–Crippen LogP) is 2.89. The molecular weight excluding hydrogens is 328 g/mol. The van der Waals surface area contributed by atoms with Crippen LogP contribution < -0.4 is 4.90 Å². The van der Waals surface area contributed by atoms with Gasteiger partial charge in [-0.2, -0.15) is 0 Å². The quantitative estimate of drug-likeness (QED) is 0.821. The average Bonchev–Trinajstić information content (AvgIpc) is 3.33. The summed E-state index contributed by atoms with van der Waals surface area (Å²) in [5.74, 6) is 1.86. The van der Waals surface area contributed by atoms with Gasteiger partial charge in [-0.3, -0.25) is 4.90 Å². The molecule has 4 rings (SSSR count). The van der Waals surface area contributed by atoms with Crippen molar-refractivity contribution in [2.45, 2.75) is 50.8 Å². The first-order chi connectivity index (χ1) is 12.7. The summed E-state index contributed by atoms with van der Waals surface area (Å²) in [5.41, 5.74) is 1.20. The Morgan fingerprint density at radius 3 is 2.69 bits per heavy atom. The number of likely N-dealkylation sites (N-methyl/N-ethyl adjacent to an activating group) is 1. The molecule has 0 N–H and O–H groups in total. The van der Waals surface area contributed by atoms with E-state index < -0.39 is 0 Å². The molecule has 4 heterocycles. The number of ether oxygens (including phenoxy) is 1. The van der Waals surface area contributed by atoms with E-state index >= 15 is 0 Å². The Bertz CT molecular complexity index is 693. The molecule has 0 radical (unpaired) electrons. The van der Waals surface area contributed by atoms with Crippen molar-refractivity contribution in [1.29, 1.82) is 0 Å². The van der Waals surface area contributed by atoms with Crippen molar-refractivity contribution in [3.8, 4) is 0 Å². The number of hydrogen-bond acceptors (Lipinski definition) is 6. The van der Waals surface area contributed by atoms with Crippen LogP contribution in [0.5, 0.6) is 0 Å². The minimum absolute atomic E-state index is 0.0158. The molecule has 0 saturated carbocycles. The summed E-state index contributed by atoms with van der Waals surface area (Å²) < 4.78 is 11.8. The molecule has 1 spiro atoms. The van der Waals surface area contributed by atoms with Crippen LogP contribution in [0, 0.1) is 0 Å². The van der Waals surface area contributed by atoms with Crippen molar-refractivity contribution >= 4 is 5.95 Å². The SMILES string of the molecule is CCc1cnc(N2CCC3(CC2)CC(N(C)Cc2ccco2)CO3)nc1. The van der Waals surface area contributed by atoms with E-state index in [9.17, 15) is 0 Å². The molecular formula is C20H28N4O2. The number of nitrogens with zero attached hydrogens (tertiary/aromatic N) is 4. The molecule has 0 bridgehead atoms. The van der Waals surface area contributed by atoms with Crippen LogP contribution in [0.15, 0.2) is 35.2 Å². The van der Waals surface area contributed by atoms with Crippen LogP contribution in [0.4, 0.5) is 5.95 Å². The Labute approximate surface area is 155 Å². The highest BCUT2D eigenvalue weighted by atomic mass is 16.5. The van der Waals surface area contributed by atoms with Crippen LogP contribution in [-0.2, 0) is 17.7 Å². The monoisotopic (exact) mass is 356 g/mol. The Balaban J connectivity index is 1.32. The summed E-state index contributed by atoms with van der Waals surface area (Å²) in [5, 5.41) is 0. The minimum atomic E-state index is 0.0158. The maximum atomic E-state index is 6.32. The Morgan fingerprint density at radius 2 is 2.04 bits per heavy atom. The molecule has 140 valence electrons. The number of rotatable bonds is 5. The molecule has 0 amide bonds. The van der Waals surface area contributed by atoms with Gasteiger partial charge in [0.2, 0.25) is 5.95 Å². The molecule has 1 atom stereocenters. The first-order valence-corrected chi connectivity index (χ1v) is 9.60. The topological polar surface area (TPSA) is 54.6 Å². The number of furan rings is 1. The lowest BCUT2D eigenvalue weighted by Gasteiger charge is -2.39. The third kappa shape index (κ3) is 3.62. The first-order valence-electron chi connectivity index (χ1n) is 9.60. The van der Waals surface area contributed by atoms with Gasteiger partial charge >= 0.3 is 0 Å². The minimum Gasteiger partial charge on any atom is -0.468 e. The van der Waals surface area contributed by atoms with Crippen molar-refractivity contribution in [3.63, 3.8) is 0 Å². The van der Waals surface area contributed by atoms with E-state index in [1.54, 1.807) is 6.26 Å². The molecule has 0 aromatic carbocycles. The largest absolute Gasteiger partial charge is 0.468 e. The molecule has 2 fully saturated rings. The molecule has 0 aliphatic carbocycles. The standard InChI is InChI=1S/C20H28N4O2/c1-3-16-12-21-19(22-13-16)24-8-6-20(7-9-24)11-17(15-26-20)23(2)14-18-5-4-10-25-18/h4-5,10,12-13,17H,3,6-9,11,14-15H2,1-2H3. The smallest absolute Gasteiger partial charge is 0.225 e. The first kappa shape index (κ1) is 17.5. The van der Waals surface area contributed by atoms with Crippen molar-refractivity contribution in [2.24, 2.45) is 0 Å². The van der Waals surface area contributed by atoms with Gasteiger partial charge in [0.15, 0.2) is 0 Å². The van der Waals surface area contributed by atoms with Crippen LogP contribution in [0.3, 0.4) is 0 Å². The van der Waals surface area contributed by atoms with Gasteiger partial charge in [-0.1, -0.05) is 6.92 Å².